The standard InChI is InChI=1S/C33H34O8/c1-4-19-12-21(7-5-6-18-8-10-20(11-9-18)16(2)34)29(37)28-24(19)14-22-13-23-15-25(36)26(17(3)35)31(39)33(23,41)32(40)27(22)30(28)38/h8-12,22-23,36-37,40-41H,4-7,13-15H2,1-3H3/t22?,23?,33-/m1/s1. The number of carbonyl (C=O) groups is 4. The van der Waals surface area contributed by atoms with E-state index in [1.165, 1.54) is 6.92 Å². The summed E-state index contributed by atoms with van der Waals surface area (Å²) < 4.78 is 0. The van der Waals surface area contributed by atoms with Gasteiger partial charge in [0.05, 0.1) is 5.56 Å². The molecule has 214 valence electrons. The second kappa shape index (κ2) is 10.4. The Morgan fingerprint density at radius 2 is 1.63 bits per heavy atom. The minimum absolute atomic E-state index is 0.00181. The number of hydrogen-bond acceptors (Lipinski definition) is 8. The van der Waals surface area contributed by atoms with E-state index in [2.05, 4.69) is 0 Å². The molecule has 0 heterocycles. The number of phenolic OH excluding ortho intramolecular Hbond substituents is 1. The highest BCUT2D eigenvalue weighted by Crippen LogP contribution is 2.52. The number of benzene rings is 2. The average Bonchev–Trinajstić information content (AvgIpc) is 2.92. The molecular weight excluding hydrogens is 524 g/mol. The summed E-state index contributed by atoms with van der Waals surface area (Å²) in [5.41, 5.74) is 0.793. The van der Waals surface area contributed by atoms with Crippen LogP contribution in [0.1, 0.15) is 83.0 Å². The highest BCUT2D eigenvalue weighted by molar-refractivity contribution is 6.25. The molecule has 2 aromatic rings. The summed E-state index contributed by atoms with van der Waals surface area (Å²) >= 11 is 0. The van der Waals surface area contributed by atoms with Crippen LogP contribution in [-0.2, 0) is 35.3 Å². The minimum Gasteiger partial charge on any atom is -0.511 e. The molecule has 5 rings (SSSR count). The molecular formula is C33H34O8. The molecule has 0 bridgehead atoms. The van der Waals surface area contributed by atoms with Gasteiger partial charge in [-0.15, -0.1) is 0 Å². The van der Waals surface area contributed by atoms with Gasteiger partial charge in [0, 0.05) is 23.5 Å². The van der Waals surface area contributed by atoms with Gasteiger partial charge < -0.3 is 20.4 Å². The summed E-state index contributed by atoms with van der Waals surface area (Å²) in [5, 5.41) is 44.5. The lowest BCUT2D eigenvalue weighted by Gasteiger charge is -2.46. The molecule has 3 aliphatic rings. The fourth-order valence-electron chi connectivity index (χ4n) is 6.83. The zero-order chi connectivity index (χ0) is 29.8. The van der Waals surface area contributed by atoms with Crippen LogP contribution in [0.15, 0.2) is 53.0 Å². The molecule has 0 radical (unpaired) electrons. The van der Waals surface area contributed by atoms with Gasteiger partial charge in [-0.05, 0) is 80.5 Å². The van der Waals surface area contributed by atoms with Crippen molar-refractivity contribution in [3.8, 4) is 5.75 Å². The Balaban J connectivity index is 1.49. The van der Waals surface area contributed by atoms with Crippen LogP contribution < -0.4 is 0 Å². The Labute approximate surface area is 238 Å². The van der Waals surface area contributed by atoms with E-state index in [9.17, 15) is 39.6 Å². The molecule has 0 saturated carbocycles. The van der Waals surface area contributed by atoms with E-state index in [1.54, 1.807) is 12.1 Å². The van der Waals surface area contributed by atoms with E-state index in [0.717, 1.165) is 18.1 Å². The molecule has 2 aromatic carbocycles. The molecule has 3 atom stereocenters. The topological polar surface area (TPSA) is 149 Å². The lowest BCUT2D eigenvalue weighted by atomic mass is 9.59. The second-order valence-corrected chi connectivity index (χ2v) is 11.5. The number of aryl methyl sites for hydroxylation is 3. The number of carbonyl (C=O) groups excluding carboxylic acids is 4. The minimum atomic E-state index is -2.50. The van der Waals surface area contributed by atoms with Crippen molar-refractivity contribution in [1.82, 2.24) is 0 Å². The van der Waals surface area contributed by atoms with Crippen LogP contribution in [-0.4, -0.2) is 49.2 Å². The number of hydrogen-bond donors (Lipinski definition) is 4. The van der Waals surface area contributed by atoms with E-state index >= 15 is 0 Å². The number of aliphatic hydroxyl groups is 3. The lowest BCUT2D eigenvalue weighted by molar-refractivity contribution is -0.144. The maximum Gasteiger partial charge on any atom is 0.209 e. The van der Waals surface area contributed by atoms with Crippen LogP contribution in [0.25, 0.3) is 0 Å². The molecule has 0 saturated heterocycles. The molecule has 3 aliphatic carbocycles. The first-order chi connectivity index (χ1) is 19.4. The van der Waals surface area contributed by atoms with E-state index in [4.69, 9.17) is 0 Å². The Kier molecular flexibility index (Phi) is 7.24. The van der Waals surface area contributed by atoms with Crippen molar-refractivity contribution in [2.24, 2.45) is 11.8 Å². The Hall–Kier alpha value is -4.04. The number of Topliss-reactive ketones (excluding diaryl/α,β-unsaturated/α-hetero) is 4. The lowest BCUT2D eigenvalue weighted by Crippen LogP contribution is -2.56. The number of rotatable bonds is 7. The van der Waals surface area contributed by atoms with E-state index in [1.807, 2.05) is 25.1 Å². The van der Waals surface area contributed by atoms with Gasteiger partial charge in [-0.25, -0.2) is 0 Å². The third kappa shape index (κ3) is 4.50. The fraction of sp³-hybridized carbons (Fsp3) is 0.394. The SMILES string of the molecule is CCc1cc(CCCc2ccc(C(C)=O)cc2)c(O)c2c1CC1CC3CC(O)=C(C(C)=O)C(=O)[C@@]3(O)C(O)=C1C2=O. The van der Waals surface area contributed by atoms with Crippen LogP contribution in [0, 0.1) is 11.8 Å². The molecule has 0 aromatic heterocycles. The quantitative estimate of drug-likeness (QED) is 0.284. The van der Waals surface area contributed by atoms with Crippen molar-refractivity contribution in [3.05, 3.63) is 86.4 Å². The monoisotopic (exact) mass is 558 g/mol. The van der Waals surface area contributed by atoms with Crippen molar-refractivity contribution in [1.29, 1.82) is 0 Å². The van der Waals surface area contributed by atoms with Gasteiger partial charge in [0.15, 0.2) is 23.0 Å². The summed E-state index contributed by atoms with van der Waals surface area (Å²) in [6.45, 7) is 4.58. The third-order valence-electron chi connectivity index (χ3n) is 8.99. The van der Waals surface area contributed by atoms with Crippen LogP contribution in [0.5, 0.6) is 5.75 Å². The van der Waals surface area contributed by atoms with Gasteiger partial charge >= 0.3 is 0 Å². The molecule has 0 amide bonds. The first-order valence-electron chi connectivity index (χ1n) is 14.0. The number of ketones is 4. The fourth-order valence-corrected chi connectivity index (χ4v) is 6.83. The van der Waals surface area contributed by atoms with E-state index in [-0.39, 0.29) is 35.5 Å². The van der Waals surface area contributed by atoms with Gasteiger partial charge in [0.2, 0.25) is 5.78 Å². The van der Waals surface area contributed by atoms with Crippen LogP contribution in [0.4, 0.5) is 0 Å². The number of aliphatic hydroxyl groups excluding tert-OH is 2. The van der Waals surface area contributed by atoms with Crippen molar-refractivity contribution in [2.45, 2.75) is 71.3 Å². The summed E-state index contributed by atoms with van der Waals surface area (Å²) in [6, 6.07) is 9.30. The molecule has 0 fully saturated rings. The van der Waals surface area contributed by atoms with Gasteiger partial charge in [0.1, 0.15) is 22.8 Å². The van der Waals surface area contributed by atoms with E-state index in [0.29, 0.717) is 48.8 Å². The molecule has 0 aliphatic heterocycles. The van der Waals surface area contributed by atoms with Crippen LogP contribution in [0.3, 0.4) is 0 Å². The van der Waals surface area contributed by atoms with Gasteiger partial charge in [0.25, 0.3) is 0 Å². The summed E-state index contributed by atoms with van der Waals surface area (Å²) in [5.74, 6) is -5.27. The average molecular weight is 559 g/mol. The van der Waals surface area contributed by atoms with Gasteiger partial charge in [-0.1, -0.05) is 37.3 Å². The predicted octanol–water partition coefficient (Wildman–Crippen LogP) is 4.62. The van der Waals surface area contributed by atoms with Crippen LogP contribution in [0.2, 0.25) is 0 Å². The summed E-state index contributed by atoms with van der Waals surface area (Å²) in [7, 11) is 0. The number of aromatic hydroxyl groups is 1. The Bertz CT molecular complexity index is 1560. The molecule has 8 heteroatoms. The number of phenols is 1. The smallest absolute Gasteiger partial charge is 0.209 e. The third-order valence-corrected chi connectivity index (χ3v) is 8.99. The largest absolute Gasteiger partial charge is 0.511 e. The molecule has 0 spiro atoms. The highest BCUT2D eigenvalue weighted by Gasteiger charge is 2.59. The Morgan fingerprint density at radius 3 is 2.24 bits per heavy atom. The zero-order valence-corrected chi connectivity index (χ0v) is 23.4. The van der Waals surface area contributed by atoms with Crippen molar-refractivity contribution >= 4 is 23.1 Å². The van der Waals surface area contributed by atoms with Crippen molar-refractivity contribution < 1.29 is 39.6 Å². The van der Waals surface area contributed by atoms with E-state index < -0.39 is 51.9 Å². The maximum atomic E-state index is 13.9. The molecule has 41 heavy (non-hydrogen) atoms. The number of allylic oxidation sites excluding steroid dienone is 2. The van der Waals surface area contributed by atoms with Gasteiger partial charge in [-0.2, -0.15) is 0 Å². The molecule has 2 unspecified atom stereocenters. The molecule has 4 N–H and O–H groups in total. The van der Waals surface area contributed by atoms with Crippen LogP contribution >= 0.6 is 0 Å². The summed E-state index contributed by atoms with van der Waals surface area (Å²) in [4.78, 5) is 50.7. The predicted molar refractivity (Wildman–Crippen MR) is 150 cm³/mol. The normalized spacial score (nSPS) is 23.7. The summed E-state index contributed by atoms with van der Waals surface area (Å²) in [6.07, 6.45) is 2.78. The second-order valence-electron chi connectivity index (χ2n) is 11.5. The maximum absolute atomic E-state index is 13.9. The number of fused-ring (bicyclic) bond motifs is 3. The van der Waals surface area contributed by atoms with Crippen molar-refractivity contribution in [2.75, 3.05) is 0 Å². The van der Waals surface area contributed by atoms with Crippen molar-refractivity contribution in [3.63, 3.8) is 0 Å². The molecule has 8 nitrogen and oxygen atoms in total. The van der Waals surface area contributed by atoms with Gasteiger partial charge in [-0.3, -0.25) is 19.2 Å². The Morgan fingerprint density at radius 1 is 0.951 bits per heavy atom. The zero-order valence-electron chi connectivity index (χ0n) is 23.4. The highest BCUT2D eigenvalue weighted by atomic mass is 16.3. The first-order valence-corrected chi connectivity index (χ1v) is 14.0. The first kappa shape index (κ1) is 28.5.